The molecule has 0 aromatic heterocycles. The van der Waals surface area contributed by atoms with E-state index in [0.717, 1.165) is 109 Å². The number of nitrogens with two attached hydrogens (primary N) is 1. The summed E-state index contributed by atoms with van der Waals surface area (Å²) in [5.41, 5.74) is 5.37. The monoisotopic (exact) mass is 930 g/mol. The predicted molar refractivity (Wildman–Crippen MR) is 272 cm³/mol. The molecule has 0 aromatic carbocycles. The number of esters is 1. The Hall–Kier alpha value is -3.11. The fourth-order valence-corrected chi connectivity index (χ4v) is 7.24. The van der Waals surface area contributed by atoms with Gasteiger partial charge in [0.25, 0.3) is 0 Å². The van der Waals surface area contributed by atoms with Crippen LogP contribution >= 0.6 is 7.82 Å². The van der Waals surface area contributed by atoms with Gasteiger partial charge in [0.1, 0.15) is 12.1 Å². The summed E-state index contributed by atoms with van der Waals surface area (Å²) in [5, 5.41) is 8.93. The average Bonchev–Trinajstić information content (AvgIpc) is 3.29. The van der Waals surface area contributed by atoms with Crippen molar-refractivity contribution in [1.82, 2.24) is 0 Å². The molecule has 11 heteroatoms. The highest BCUT2D eigenvalue weighted by Gasteiger charge is 2.27. The number of ether oxygens (including phenoxy) is 2. The van der Waals surface area contributed by atoms with E-state index in [2.05, 4.69) is 111 Å². The van der Waals surface area contributed by atoms with Gasteiger partial charge in [-0.15, -0.1) is 0 Å². The molecular formula is C54H92NO9P. The van der Waals surface area contributed by atoms with Crippen molar-refractivity contribution in [3.05, 3.63) is 97.2 Å². The molecular weight excluding hydrogens is 838 g/mol. The summed E-state index contributed by atoms with van der Waals surface area (Å²) >= 11 is 0. The molecule has 0 fully saturated rings. The largest absolute Gasteiger partial charge is 0.480 e. The molecule has 0 saturated heterocycles. The van der Waals surface area contributed by atoms with E-state index in [9.17, 15) is 19.0 Å². The molecule has 65 heavy (non-hydrogen) atoms. The van der Waals surface area contributed by atoms with E-state index >= 15 is 0 Å². The van der Waals surface area contributed by atoms with Crippen LogP contribution in [0.4, 0.5) is 0 Å². The topological polar surface area (TPSA) is 155 Å². The lowest BCUT2D eigenvalue weighted by Gasteiger charge is -2.20. The number of carbonyl (C=O) groups is 2. The van der Waals surface area contributed by atoms with Crippen molar-refractivity contribution in [3.8, 4) is 0 Å². The van der Waals surface area contributed by atoms with Crippen LogP contribution < -0.4 is 5.73 Å². The van der Waals surface area contributed by atoms with Crippen LogP contribution in [0.5, 0.6) is 0 Å². The summed E-state index contributed by atoms with van der Waals surface area (Å²) in [6.07, 6.45) is 64.6. The van der Waals surface area contributed by atoms with Crippen molar-refractivity contribution >= 4 is 19.8 Å². The molecule has 0 aliphatic heterocycles. The van der Waals surface area contributed by atoms with E-state index in [0.29, 0.717) is 13.0 Å². The average molecular weight is 930 g/mol. The Morgan fingerprint density at radius 3 is 1.34 bits per heavy atom. The van der Waals surface area contributed by atoms with Crippen LogP contribution in [-0.2, 0) is 32.7 Å². The minimum Gasteiger partial charge on any atom is -0.480 e. The van der Waals surface area contributed by atoms with Gasteiger partial charge in [-0.3, -0.25) is 18.6 Å². The van der Waals surface area contributed by atoms with E-state index in [1.807, 2.05) is 0 Å². The lowest BCUT2D eigenvalue weighted by molar-refractivity contribution is -0.154. The third kappa shape index (κ3) is 48.6. The highest BCUT2D eigenvalue weighted by atomic mass is 31.2. The van der Waals surface area contributed by atoms with Gasteiger partial charge in [0.05, 0.1) is 19.8 Å². The second-order valence-corrected chi connectivity index (χ2v) is 18.0. The van der Waals surface area contributed by atoms with Crippen molar-refractivity contribution in [3.63, 3.8) is 0 Å². The van der Waals surface area contributed by atoms with Gasteiger partial charge in [-0.05, 0) is 96.3 Å². The highest BCUT2D eigenvalue weighted by molar-refractivity contribution is 7.47. The maximum atomic E-state index is 12.7. The Balaban J connectivity index is 4.23. The van der Waals surface area contributed by atoms with Crippen LogP contribution in [0.1, 0.15) is 194 Å². The van der Waals surface area contributed by atoms with Gasteiger partial charge in [0, 0.05) is 13.0 Å². The van der Waals surface area contributed by atoms with Gasteiger partial charge >= 0.3 is 19.8 Å². The Labute approximate surface area is 396 Å². The van der Waals surface area contributed by atoms with E-state index in [1.54, 1.807) is 0 Å². The molecule has 10 nitrogen and oxygen atoms in total. The van der Waals surface area contributed by atoms with Gasteiger partial charge in [-0.25, -0.2) is 4.57 Å². The molecule has 0 spiro atoms. The summed E-state index contributed by atoms with van der Waals surface area (Å²) in [6.45, 7) is 3.69. The molecule has 0 rings (SSSR count). The number of carboxylic acid groups (broad SMARTS) is 1. The molecule has 0 amide bonds. The lowest BCUT2D eigenvalue weighted by Crippen LogP contribution is -2.34. The van der Waals surface area contributed by atoms with Crippen LogP contribution in [-0.4, -0.2) is 60.5 Å². The SMILES string of the molecule is CC/C=C\C/C=C\C/C=C\C/C=C\C/C=C\C/C=C\CCCCCCCOCC(COP(=O)(O)OCC(N)C(=O)O)OC(=O)CCCCCCCCCCC/C=C\C/C=C\CCCCC. The van der Waals surface area contributed by atoms with E-state index in [4.69, 9.17) is 29.4 Å². The van der Waals surface area contributed by atoms with Crippen LogP contribution in [0.2, 0.25) is 0 Å². The Morgan fingerprint density at radius 2 is 0.892 bits per heavy atom. The summed E-state index contributed by atoms with van der Waals surface area (Å²) in [7, 11) is -4.64. The quantitative estimate of drug-likeness (QED) is 0.0232. The molecule has 0 heterocycles. The zero-order chi connectivity index (χ0) is 47.6. The van der Waals surface area contributed by atoms with Crippen molar-refractivity contribution in [1.29, 1.82) is 0 Å². The number of unbranched alkanes of at least 4 members (excludes halogenated alkanes) is 17. The number of carboxylic acids is 1. The predicted octanol–water partition coefficient (Wildman–Crippen LogP) is 14.9. The number of carbonyl (C=O) groups excluding carboxylic acids is 1. The van der Waals surface area contributed by atoms with Crippen LogP contribution in [0.15, 0.2) is 97.2 Å². The number of hydrogen-bond donors (Lipinski definition) is 3. The normalized spacial score (nSPS) is 14.5. The minimum absolute atomic E-state index is 0.00408. The number of allylic oxidation sites excluding steroid dienone is 16. The maximum Gasteiger partial charge on any atom is 0.472 e. The number of phosphoric acid groups is 1. The summed E-state index contributed by atoms with van der Waals surface area (Å²) < 4.78 is 33.5. The minimum atomic E-state index is -4.64. The Kier molecular flexibility index (Phi) is 46.5. The molecule has 3 unspecified atom stereocenters. The van der Waals surface area contributed by atoms with Crippen LogP contribution in [0, 0.1) is 0 Å². The molecule has 0 bridgehead atoms. The first-order valence-corrected chi connectivity index (χ1v) is 26.8. The lowest BCUT2D eigenvalue weighted by atomic mass is 10.1. The first-order valence-electron chi connectivity index (χ1n) is 25.3. The van der Waals surface area contributed by atoms with Gasteiger partial charge in [0.2, 0.25) is 0 Å². The van der Waals surface area contributed by atoms with Gasteiger partial charge < -0.3 is 25.2 Å². The van der Waals surface area contributed by atoms with Crippen molar-refractivity contribution in [2.24, 2.45) is 5.73 Å². The maximum absolute atomic E-state index is 12.7. The smallest absolute Gasteiger partial charge is 0.472 e. The van der Waals surface area contributed by atoms with E-state index in [1.165, 1.54) is 57.8 Å². The molecule has 0 aliphatic rings. The first-order chi connectivity index (χ1) is 31.7. The zero-order valence-electron chi connectivity index (χ0n) is 40.8. The van der Waals surface area contributed by atoms with Crippen molar-refractivity contribution in [2.45, 2.75) is 206 Å². The molecule has 372 valence electrons. The first kappa shape index (κ1) is 61.9. The highest BCUT2D eigenvalue weighted by Crippen LogP contribution is 2.43. The van der Waals surface area contributed by atoms with Crippen LogP contribution in [0.3, 0.4) is 0 Å². The Morgan fingerprint density at radius 1 is 0.508 bits per heavy atom. The summed E-state index contributed by atoms with van der Waals surface area (Å²) in [5.74, 6) is -1.80. The molecule has 0 saturated carbocycles. The molecule has 4 N–H and O–H groups in total. The fourth-order valence-electron chi connectivity index (χ4n) is 6.46. The zero-order valence-corrected chi connectivity index (χ0v) is 41.7. The van der Waals surface area contributed by atoms with Crippen molar-refractivity contribution < 1.29 is 42.7 Å². The fraction of sp³-hybridized carbons (Fsp3) is 0.667. The number of phosphoric ester groups is 1. The van der Waals surface area contributed by atoms with Gasteiger partial charge in [0.15, 0.2) is 0 Å². The molecule has 0 aliphatic carbocycles. The number of hydrogen-bond acceptors (Lipinski definition) is 8. The van der Waals surface area contributed by atoms with Crippen molar-refractivity contribution in [2.75, 3.05) is 26.4 Å². The second-order valence-electron chi connectivity index (χ2n) is 16.6. The third-order valence-electron chi connectivity index (χ3n) is 10.3. The Bertz CT molecular complexity index is 1400. The molecule has 3 atom stereocenters. The third-order valence-corrected chi connectivity index (χ3v) is 11.3. The summed E-state index contributed by atoms with van der Waals surface area (Å²) in [6, 6.07) is -1.48. The van der Waals surface area contributed by atoms with E-state index in [-0.39, 0.29) is 13.0 Å². The molecule has 0 aromatic rings. The molecule has 0 radical (unpaired) electrons. The standard InChI is InChI=1S/C54H92NO9P/c1-3-5-7-9-11-13-15-17-19-21-23-24-25-26-27-29-31-33-35-37-39-41-43-45-47-61-48-51(49-62-65(59,60)63-50-52(55)54(57)58)64-53(56)46-44-42-40-38-36-34-32-30-28-22-20-18-16-14-12-10-8-6-4-2/h5,7,11-14,17-20,23-24,26-27,31,33,51-52H,3-4,6,8-10,15-16,21-22,25,28-30,32,34-50,55H2,1-2H3,(H,57,58)(H,59,60)/b7-5-,13-11-,14-12-,19-17-,20-18-,24-23-,27-26-,33-31-. The van der Waals surface area contributed by atoms with E-state index < -0.39 is 45.1 Å². The number of rotatable bonds is 47. The number of aliphatic carboxylic acids is 1. The second kappa shape index (κ2) is 48.8. The van der Waals surface area contributed by atoms with Gasteiger partial charge in [-0.2, -0.15) is 0 Å². The van der Waals surface area contributed by atoms with Gasteiger partial charge in [-0.1, -0.05) is 188 Å². The van der Waals surface area contributed by atoms with Crippen LogP contribution in [0.25, 0.3) is 0 Å². The summed E-state index contributed by atoms with van der Waals surface area (Å²) in [4.78, 5) is 33.7.